The fraction of sp³-hybridized carbons (Fsp3) is 0.455. The lowest BCUT2D eigenvalue weighted by molar-refractivity contribution is 0.265. The molecule has 15 heavy (non-hydrogen) atoms. The molecule has 1 aliphatic rings. The molecule has 0 saturated carbocycles. The molecule has 1 aromatic carbocycles. The largest absolute Gasteiger partial charge is 0.489 e. The molecular formula is C11H13ClFNO. The standard InChI is InChI=1S/C11H13ClFNO/c12-8-3-4-10(13)11(6-8)15-7-9-2-1-5-14-9/h3-4,6,9,14H,1-2,5,7H2. The Kier molecular flexibility index (Phi) is 3.44. The summed E-state index contributed by atoms with van der Waals surface area (Å²) < 4.78 is 18.6. The number of ether oxygens (including phenoxy) is 1. The van der Waals surface area contributed by atoms with Crippen molar-refractivity contribution in [3.63, 3.8) is 0 Å². The fourth-order valence-electron chi connectivity index (χ4n) is 1.68. The van der Waals surface area contributed by atoms with Crippen molar-refractivity contribution in [1.82, 2.24) is 5.32 Å². The Labute approximate surface area is 93.4 Å². The number of nitrogens with one attached hydrogen (secondary N) is 1. The first-order valence-corrected chi connectivity index (χ1v) is 5.45. The summed E-state index contributed by atoms with van der Waals surface area (Å²) in [6.07, 6.45) is 2.24. The van der Waals surface area contributed by atoms with Gasteiger partial charge >= 0.3 is 0 Å². The molecule has 82 valence electrons. The molecular weight excluding hydrogens is 217 g/mol. The molecule has 1 fully saturated rings. The van der Waals surface area contributed by atoms with Crippen molar-refractivity contribution in [1.29, 1.82) is 0 Å². The lowest BCUT2D eigenvalue weighted by Crippen LogP contribution is -2.28. The molecule has 1 aliphatic heterocycles. The van der Waals surface area contributed by atoms with Crippen LogP contribution in [0.2, 0.25) is 5.02 Å². The highest BCUT2D eigenvalue weighted by atomic mass is 35.5. The van der Waals surface area contributed by atoms with Gasteiger partial charge in [0.1, 0.15) is 6.61 Å². The summed E-state index contributed by atoms with van der Waals surface area (Å²) in [5, 5.41) is 3.77. The molecule has 1 N–H and O–H groups in total. The van der Waals surface area contributed by atoms with Crippen LogP contribution in [-0.4, -0.2) is 19.2 Å². The van der Waals surface area contributed by atoms with Gasteiger partial charge in [0.2, 0.25) is 0 Å². The maximum absolute atomic E-state index is 13.2. The predicted molar refractivity (Wildman–Crippen MR) is 57.9 cm³/mol. The van der Waals surface area contributed by atoms with Gasteiger partial charge in [0, 0.05) is 17.1 Å². The van der Waals surface area contributed by atoms with Gasteiger partial charge < -0.3 is 10.1 Å². The second kappa shape index (κ2) is 4.81. The highest BCUT2D eigenvalue weighted by molar-refractivity contribution is 6.30. The minimum atomic E-state index is -0.364. The summed E-state index contributed by atoms with van der Waals surface area (Å²) in [7, 11) is 0. The summed E-state index contributed by atoms with van der Waals surface area (Å²) in [4.78, 5) is 0. The molecule has 4 heteroatoms. The van der Waals surface area contributed by atoms with Crippen LogP contribution in [0.25, 0.3) is 0 Å². The molecule has 0 aliphatic carbocycles. The average Bonchev–Trinajstić information content (AvgIpc) is 2.72. The van der Waals surface area contributed by atoms with Gasteiger partial charge in [-0.25, -0.2) is 4.39 Å². The van der Waals surface area contributed by atoms with Crippen LogP contribution in [0.5, 0.6) is 5.75 Å². The zero-order chi connectivity index (χ0) is 10.7. The first-order valence-electron chi connectivity index (χ1n) is 5.07. The third kappa shape index (κ3) is 2.83. The first-order chi connectivity index (χ1) is 7.25. The van der Waals surface area contributed by atoms with Gasteiger partial charge in [0.25, 0.3) is 0 Å². The maximum atomic E-state index is 13.2. The van der Waals surface area contributed by atoms with E-state index in [1.54, 1.807) is 0 Å². The molecule has 1 unspecified atom stereocenters. The van der Waals surface area contributed by atoms with Gasteiger partial charge in [0.05, 0.1) is 0 Å². The van der Waals surface area contributed by atoms with Crippen molar-refractivity contribution in [2.45, 2.75) is 18.9 Å². The number of halogens is 2. The van der Waals surface area contributed by atoms with Crippen molar-refractivity contribution in [2.75, 3.05) is 13.2 Å². The Balaban J connectivity index is 1.94. The van der Waals surface area contributed by atoms with Crippen LogP contribution in [0.4, 0.5) is 4.39 Å². The van der Waals surface area contributed by atoms with E-state index in [4.69, 9.17) is 16.3 Å². The Bertz CT molecular complexity index is 339. The molecule has 0 aromatic heterocycles. The minimum Gasteiger partial charge on any atom is -0.489 e. The van der Waals surface area contributed by atoms with E-state index in [1.165, 1.54) is 18.2 Å². The van der Waals surface area contributed by atoms with Crippen LogP contribution in [0.3, 0.4) is 0 Å². The van der Waals surface area contributed by atoms with Gasteiger partial charge in [-0.15, -0.1) is 0 Å². The van der Waals surface area contributed by atoms with E-state index >= 15 is 0 Å². The van der Waals surface area contributed by atoms with Gasteiger partial charge in [-0.1, -0.05) is 11.6 Å². The van der Waals surface area contributed by atoms with Crippen molar-refractivity contribution in [2.24, 2.45) is 0 Å². The quantitative estimate of drug-likeness (QED) is 0.861. The van der Waals surface area contributed by atoms with E-state index in [1.807, 2.05) is 0 Å². The highest BCUT2D eigenvalue weighted by Crippen LogP contribution is 2.22. The number of rotatable bonds is 3. The Morgan fingerprint density at radius 3 is 3.13 bits per heavy atom. The van der Waals surface area contributed by atoms with Gasteiger partial charge in [-0.05, 0) is 31.5 Å². The normalized spacial score (nSPS) is 20.5. The van der Waals surface area contributed by atoms with Crippen LogP contribution in [-0.2, 0) is 0 Å². The monoisotopic (exact) mass is 229 g/mol. The summed E-state index contributed by atoms with van der Waals surface area (Å²) >= 11 is 5.75. The second-order valence-corrected chi connectivity index (χ2v) is 4.12. The fourth-order valence-corrected chi connectivity index (χ4v) is 1.84. The Morgan fingerprint density at radius 1 is 1.53 bits per heavy atom. The van der Waals surface area contributed by atoms with Crippen LogP contribution in [0.1, 0.15) is 12.8 Å². The van der Waals surface area contributed by atoms with Crippen LogP contribution >= 0.6 is 11.6 Å². The van der Waals surface area contributed by atoms with Crippen molar-refractivity contribution < 1.29 is 9.13 Å². The highest BCUT2D eigenvalue weighted by Gasteiger charge is 2.15. The molecule has 2 rings (SSSR count). The predicted octanol–water partition coefficient (Wildman–Crippen LogP) is 2.61. The smallest absolute Gasteiger partial charge is 0.165 e. The first kappa shape index (κ1) is 10.7. The van der Waals surface area contributed by atoms with E-state index in [0.717, 1.165) is 19.4 Å². The van der Waals surface area contributed by atoms with Gasteiger partial charge in [0.15, 0.2) is 11.6 Å². The molecule has 0 bridgehead atoms. The summed E-state index contributed by atoms with van der Waals surface area (Å²) in [6.45, 7) is 1.52. The summed E-state index contributed by atoms with van der Waals surface area (Å²) in [5.74, 6) is -0.131. The summed E-state index contributed by atoms with van der Waals surface area (Å²) in [6, 6.07) is 4.67. The molecule has 1 atom stereocenters. The van der Waals surface area contributed by atoms with E-state index in [9.17, 15) is 4.39 Å². The number of hydrogen-bond acceptors (Lipinski definition) is 2. The zero-order valence-corrected chi connectivity index (χ0v) is 9.06. The topological polar surface area (TPSA) is 21.3 Å². The van der Waals surface area contributed by atoms with Crippen LogP contribution in [0, 0.1) is 5.82 Å². The molecule has 0 spiro atoms. The van der Waals surface area contributed by atoms with E-state index in [0.29, 0.717) is 17.7 Å². The van der Waals surface area contributed by atoms with E-state index in [2.05, 4.69) is 5.32 Å². The lowest BCUT2D eigenvalue weighted by Gasteiger charge is -2.12. The Hall–Kier alpha value is -0.800. The molecule has 1 heterocycles. The summed E-state index contributed by atoms with van der Waals surface area (Å²) in [5.41, 5.74) is 0. The third-order valence-corrected chi connectivity index (χ3v) is 2.73. The van der Waals surface area contributed by atoms with E-state index in [-0.39, 0.29) is 11.6 Å². The van der Waals surface area contributed by atoms with E-state index < -0.39 is 0 Å². The number of hydrogen-bond donors (Lipinski definition) is 1. The molecule has 1 saturated heterocycles. The van der Waals surface area contributed by atoms with Crippen LogP contribution < -0.4 is 10.1 Å². The Morgan fingerprint density at radius 2 is 2.40 bits per heavy atom. The van der Waals surface area contributed by atoms with Crippen molar-refractivity contribution in [3.8, 4) is 5.75 Å². The second-order valence-electron chi connectivity index (χ2n) is 3.68. The zero-order valence-electron chi connectivity index (χ0n) is 8.30. The average molecular weight is 230 g/mol. The molecule has 0 radical (unpaired) electrons. The van der Waals surface area contributed by atoms with Crippen LogP contribution in [0.15, 0.2) is 18.2 Å². The molecule has 2 nitrogen and oxygen atoms in total. The van der Waals surface area contributed by atoms with Crippen molar-refractivity contribution in [3.05, 3.63) is 29.0 Å². The minimum absolute atomic E-state index is 0.233. The maximum Gasteiger partial charge on any atom is 0.165 e. The lowest BCUT2D eigenvalue weighted by atomic mass is 10.2. The van der Waals surface area contributed by atoms with Gasteiger partial charge in [-0.3, -0.25) is 0 Å². The third-order valence-electron chi connectivity index (χ3n) is 2.50. The van der Waals surface area contributed by atoms with Crippen molar-refractivity contribution >= 4 is 11.6 Å². The number of benzene rings is 1. The SMILES string of the molecule is Fc1ccc(Cl)cc1OCC1CCCN1. The van der Waals surface area contributed by atoms with Gasteiger partial charge in [-0.2, -0.15) is 0 Å². The molecule has 1 aromatic rings. The molecule has 0 amide bonds.